The molecule has 3 atom stereocenters. The van der Waals surface area contributed by atoms with Crippen LogP contribution in [0.15, 0.2) is 140 Å². The number of halogens is 2. The number of urea groups is 1. The number of carbonyl (C=O) groups is 8. The molecule has 1 saturated heterocycles. The molecule has 670 valence electrons. The maximum atomic E-state index is 14.6. The quantitative estimate of drug-likeness (QED) is 0.0107. The molecule has 8 amide bonds. The van der Waals surface area contributed by atoms with Crippen LogP contribution in [0.1, 0.15) is 66.8 Å². The summed E-state index contributed by atoms with van der Waals surface area (Å²) in [6.07, 6.45) is 4.00. The number of nitrogens with two attached hydrogens (primary N) is 1. The molecule has 0 spiro atoms. The second-order valence-electron chi connectivity index (χ2n) is 30.0. The first kappa shape index (κ1) is 94.4. The van der Waals surface area contributed by atoms with Gasteiger partial charge in [-0.1, -0.05) is 85.3 Å². The maximum absolute atomic E-state index is 14.6. The number of carboxylic acid groups (broad SMARTS) is 1. The van der Waals surface area contributed by atoms with Gasteiger partial charge in [0.05, 0.1) is 114 Å². The standard InChI is InChI=1S/C85H99ClFN17O20S2/c1-53(2)76(97-70(106)27-39-118-41-35-103-71(107)24-25-72(103)108)80(110)96-65(13-10-28-90-84(88)113)79(109)95-60-21-18-57(58(45-60)49-120-50-62-47-102(100-98-62)34-43-122-85(114)99-126(115,116)93-30-40-119-44-38-105)48-104(4)36-31-101(32-37-104)33-42-121-68-23-22-63(54(3)75(68)86)73-74-81(91-52-92-82(74)125-77(73)55-16-19-59(87)20-17-55)124-69(83(111)112)46-56-11-6-8-14-66(56)123-51-61-26-29-89-78(94-61)64-12-7-9-15-67(64)117-5/h6-9,11-12,14-26,29,45,47,52-53,65,69,76,93,105H,10,13,27-28,30-44,46,48-51H2,1-5H3,(H7-,88,90,95,96,97,99,106,109,110,111,112,113,114)/p+1/t65-,69+,76-/m0/s1. The van der Waals surface area contributed by atoms with Crippen molar-refractivity contribution >= 4 is 96.7 Å². The van der Waals surface area contributed by atoms with Gasteiger partial charge in [0, 0.05) is 85.6 Å². The number of carboxylic acids is 1. The van der Waals surface area contributed by atoms with Crippen molar-refractivity contribution in [3.05, 3.63) is 185 Å². The van der Waals surface area contributed by atoms with Crippen molar-refractivity contribution in [2.75, 3.05) is 118 Å². The van der Waals surface area contributed by atoms with Crippen LogP contribution in [0.25, 0.3) is 43.2 Å². The lowest BCUT2D eigenvalue weighted by atomic mass is 9.96. The van der Waals surface area contributed by atoms with Crippen molar-refractivity contribution in [1.29, 1.82) is 0 Å². The molecule has 2 aliphatic heterocycles. The van der Waals surface area contributed by atoms with E-state index in [-0.39, 0.29) is 124 Å². The van der Waals surface area contributed by atoms with E-state index in [0.717, 1.165) is 22.6 Å². The van der Waals surface area contributed by atoms with E-state index in [2.05, 4.69) is 63.2 Å². The van der Waals surface area contributed by atoms with Crippen molar-refractivity contribution in [2.45, 2.75) is 97.6 Å². The predicted molar refractivity (Wildman–Crippen MR) is 460 cm³/mol. The van der Waals surface area contributed by atoms with E-state index >= 15 is 0 Å². The summed E-state index contributed by atoms with van der Waals surface area (Å²) in [5.74, 6) is -3.07. The van der Waals surface area contributed by atoms with Crippen LogP contribution in [0.4, 0.5) is 19.7 Å². The Kier molecular flexibility index (Phi) is 34.2. The Bertz CT molecular complexity index is 5450. The Morgan fingerprint density at radius 3 is 2.25 bits per heavy atom. The Labute approximate surface area is 734 Å². The second-order valence-corrected chi connectivity index (χ2v) is 32.8. The van der Waals surface area contributed by atoms with Gasteiger partial charge in [-0.25, -0.2) is 48.1 Å². The number of ether oxygens (including phenoxy) is 8. The zero-order chi connectivity index (χ0) is 89.9. The summed E-state index contributed by atoms with van der Waals surface area (Å²) < 4.78 is 91.8. The number of carbonyl (C=O) groups excluding carboxylic acids is 7. The number of piperazine rings is 1. The number of quaternary nitrogens is 1. The minimum absolute atomic E-state index is 0.00130. The molecule has 6 heterocycles. The van der Waals surface area contributed by atoms with Gasteiger partial charge in [-0.3, -0.25) is 33.8 Å². The zero-order valence-electron chi connectivity index (χ0n) is 69.9. The fourth-order valence-electron chi connectivity index (χ4n) is 13.8. The van der Waals surface area contributed by atoms with E-state index < -0.39 is 87.8 Å². The zero-order valence-corrected chi connectivity index (χ0v) is 72.3. The third kappa shape index (κ3) is 26.9. The number of amides is 8. The summed E-state index contributed by atoms with van der Waals surface area (Å²) >= 11 is 8.62. The Morgan fingerprint density at radius 1 is 0.754 bits per heavy atom. The van der Waals surface area contributed by atoms with Gasteiger partial charge in [0.1, 0.15) is 78.4 Å². The number of aromatic nitrogens is 7. The number of aliphatic carboxylic acids is 1. The monoisotopic (exact) mass is 1800 g/mol. The number of likely N-dealkylation sites (N-methyl/N-ethyl adjacent to an activating group) is 1. The first-order valence-electron chi connectivity index (χ1n) is 40.5. The number of primary amides is 1. The number of aliphatic hydroxyl groups excluding tert-OH is 1. The maximum Gasteiger partial charge on any atom is 0.421 e. The highest BCUT2D eigenvalue weighted by Gasteiger charge is 2.34. The smallest absolute Gasteiger partial charge is 0.421 e. The summed E-state index contributed by atoms with van der Waals surface area (Å²) in [6.45, 7) is 8.51. The molecule has 0 saturated carbocycles. The van der Waals surface area contributed by atoms with Crippen LogP contribution in [0.3, 0.4) is 0 Å². The molecule has 11 rings (SSSR count). The minimum Gasteiger partial charge on any atom is -0.496 e. The van der Waals surface area contributed by atoms with Crippen LogP contribution in [0.5, 0.6) is 23.1 Å². The number of hydrogen-bond donors (Lipinski definition) is 9. The molecule has 2 aliphatic rings. The van der Waals surface area contributed by atoms with Crippen LogP contribution < -0.4 is 55.4 Å². The predicted octanol–water partition coefficient (Wildman–Crippen LogP) is 6.81. The van der Waals surface area contributed by atoms with Gasteiger partial charge in [0.25, 0.3) is 11.8 Å². The molecular weight excluding hydrogens is 1700 g/mol. The molecule has 0 bridgehead atoms. The lowest BCUT2D eigenvalue weighted by Gasteiger charge is -2.42. The molecule has 41 heteroatoms. The molecule has 10 N–H and O–H groups in total. The average molecular weight is 1800 g/mol. The van der Waals surface area contributed by atoms with Crippen LogP contribution in [0.2, 0.25) is 5.02 Å². The van der Waals surface area contributed by atoms with Crippen molar-refractivity contribution in [3.8, 4) is 56.1 Å². The molecular formula is C85H100ClFN17O20S2+. The number of fused-ring (bicyclic) bond motifs is 1. The van der Waals surface area contributed by atoms with E-state index in [1.54, 1.807) is 98.7 Å². The number of para-hydroxylation sites is 2. The molecule has 126 heavy (non-hydrogen) atoms. The first-order valence-corrected chi connectivity index (χ1v) is 43.2. The van der Waals surface area contributed by atoms with Crippen molar-refractivity contribution in [2.24, 2.45) is 11.7 Å². The average Bonchev–Trinajstić information content (AvgIpc) is 1.59. The number of nitrogens with one attached hydrogen (secondary N) is 6. The van der Waals surface area contributed by atoms with Crippen LogP contribution in [-0.4, -0.2) is 246 Å². The number of aliphatic hydroxyl groups is 1. The van der Waals surface area contributed by atoms with Crippen molar-refractivity contribution < 1.29 is 104 Å². The van der Waals surface area contributed by atoms with E-state index in [4.69, 9.17) is 65.3 Å². The lowest BCUT2D eigenvalue weighted by molar-refractivity contribution is -0.926. The molecule has 1 fully saturated rings. The van der Waals surface area contributed by atoms with Crippen LogP contribution in [0, 0.1) is 18.7 Å². The summed E-state index contributed by atoms with van der Waals surface area (Å²) in [6, 6.07) is 28.1. The topological polar surface area (TPSA) is 472 Å². The van der Waals surface area contributed by atoms with E-state index in [1.165, 1.54) is 34.5 Å². The van der Waals surface area contributed by atoms with E-state index in [0.29, 0.717) is 143 Å². The van der Waals surface area contributed by atoms with E-state index in [1.807, 2.05) is 43.3 Å². The number of benzene rings is 5. The third-order valence-corrected chi connectivity index (χ3v) is 23.1. The van der Waals surface area contributed by atoms with Gasteiger partial charge in [0.15, 0.2) is 5.82 Å². The van der Waals surface area contributed by atoms with Gasteiger partial charge in [-0.05, 0) is 108 Å². The van der Waals surface area contributed by atoms with Crippen molar-refractivity contribution in [1.82, 2.24) is 70.1 Å². The third-order valence-electron chi connectivity index (χ3n) is 20.5. The summed E-state index contributed by atoms with van der Waals surface area (Å²) in [4.78, 5) is 126. The van der Waals surface area contributed by atoms with Gasteiger partial charge in [0.2, 0.25) is 29.7 Å². The molecule has 0 unspecified atom stereocenters. The van der Waals surface area contributed by atoms with Gasteiger partial charge in [-0.15, -0.1) is 16.4 Å². The largest absolute Gasteiger partial charge is 0.496 e. The Balaban J connectivity index is 0.751. The minimum atomic E-state index is -4.28. The van der Waals surface area contributed by atoms with Gasteiger partial charge in [-0.2, -0.15) is 13.1 Å². The number of anilines is 1. The Hall–Kier alpha value is -12.2. The van der Waals surface area contributed by atoms with Crippen LogP contribution in [-0.2, 0) is 97.3 Å². The normalized spacial score (nSPS) is 14.0. The lowest BCUT2D eigenvalue weighted by Crippen LogP contribution is -2.57. The van der Waals surface area contributed by atoms with Crippen LogP contribution >= 0.6 is 22.9 Å². The number of hydrogen-bond acceptors (Lipinski definition) is 27. The molecule has 9 aromatic rings. The highest BCUT2D eigenvalue weighted by atomic mass is 35.5. The number of thiophene rings is 1. The highest BCUT2D eigenvalue weighted by Crippen LogP contribution is 2.50. The molecule has 37 nitrogen and oxygen atoms in total. The summed E-state index contributed by atoms with van der Waals surface area (Å²) in [5, 5.41) is 39.7. The molecule has 5 aromatic carbocycles. The second kappa shape index (κ2) is 45.6. The van der Waals surface area contributed by atoms with Crippen molar-refractivity contribution in [3.63, 3.8) is 0 Å². The Morgan fingerprint density at radius 2 is 1.51 bits per heavy atom. The number of rotatable bonds is 48. The summed E-state index contributed by atoms with van der Waals surface area (Å²) in [7, 11) is -0.563. The van der Waals surface area contributed by atoms with Gasteiger partial charge < -0.3 is 79.6 Å². The highest BCUT2D eigenvalue weighted by molar-refractivity contribution is 7.88. The molecule has 4 aromatic heterocycles. The molecule has 0 radical (unpaired) electrons. The number of nitrogens with zero attached hydrogens (tertiary/aromatic N) is 10. The van der Waals surface area contributed by atoms with Gasteiger partial charge >= 0.3 is 28.3 Å². The first-order chi connectivity index (χ1) is 60.6. The molecule has 0 aliphatic carbocycles. The fraction of sp³-hybridized carbons (Fsp3) is 0.388. The SMILES string of the molecule is COc1ccccc1-c1nccc(COc2ccccc2C[C@@H](Oc2ncnc3sc(-c4ccc(F)cc4)c(-c4ccc(OCCN5CC[N+](C)(Cc6ccc(NC(=O)[C@H](CCCNC(N)=O)NC(=O)[C@@H](NC(=O)CCOCCN7C(=O)C=CC7=O)C(C)C)cc6COCc6cn(CCOC(=O)NS(=O)(=O)NCCOCCO)nn6)CC5)c(Cl)c4C)c23)C(=O)O)n1. The number of imide groups is 1. The summed E-state index contributed by atoms with van der Waals surface area (Å²) in [5.41, 5.74) is 11.9. The number of methoxy groups -OCH3 is 1. The fourth-order valence-corrected chi connectivity index (χ4v) is 15.9. The van der Waals surface area contributed by atoms with E-state index in [9.17, 15) is 56.3 Å².